The van der Waals surface area contributed by atoms with Crippen molar-refractivity contribution in [2.45, 2.75) is 32.5 Å². The summed E-state index contributed by atoms with van der Waals surface area (Å²) in [4.78, 5) is 13.8. The molecule has 1 aliphatic heterocycles. The van der Waals surface area contributed by atoms with Crippen molar-refractivity contribution < 1.29 is 18.3 Å². The molecule has 0 saturated carbocycles. The third-order valence-electron chi connectivity index (χ3n) is 4.36. The molecule has 0 amide bonds. The maximum absolute atomic E-state index is 14.2. The highest BCUT2D eigenvalue weighted by atomic mass is 19.1. The Balaban J connectivity index is 2.02. The monoisotopic (exact) mass is 335 g/mol. The van der Waals surface area contributed by atoms with Crippen LogP contribution in [0.3, 0.4) is 0 Å². The van der Waals surface area contributed by atoms with E-state index in [1.54, 1.807) is 39.0 Å². The zero-order chi connectivity index (χ0) is 17.5. The molecule has 7 heteroatoms. The van der Waals surface area contributed by atoms with Gasteiger partial charge in [0.05, 0.1) is 24.9 Å². The minimum atomic E-state index is -1.30. The fraction of sp³-hybridized carbons (Fsp3) is 0.412. The predicted molar refractivity (Wildman–Crippen MR) is 85.8 cm³/mol. The minimum Gasteiger partial charge on any atom is -0.461 e. The Hall–Kier alpha value is -2.44. The number of hydrogen-bond donors (Lipinski definition) is 0. The zero-order valence-electron chi connectivity index (χ0n) is 13.8. The lowest BCUT2D eigenvalue weighted by molar-refractivity contribution is 0.0519. The quantitative estimate of drug-likeness (QED) is 0.806. The Labute approximate surface area is 138 Å². The summed E-state index contributed by atoms with van der Waals surface area (Å²) >= 11 is 0. The maximum atomic E-state index is 14.2. The number of carbonyl (C=O) groups excluding carboxylic acids is 1. The second-order valence-electron chi connectivity index (χ2n) is 6.08. The number of ether oxygens (including phenoxy) is 1. The first-order valence-electron chi connectivity index (χ1n) is 7.82. The largest absolute Gasteiger partial charge is 0.461 e. The summed E-state index contributed by atoms with van der Waals surface area (Å²) < 4.78 is 33.9. The summed E-state index contributed by atoms with van der Waals surface area (Å²) in [5, 5.41) is 4.27. The van der Waals surface area contributed by atoms with Gasteiger partial charge < -0.3 is 9.64 Å². The molecule has 3 rings (SSSR count). The van der Waals surface area contributed by atoms with Gasteiger partial charge in [0.15, 0.2) is 5.69 Å². The van der Waals surface area contributed by atoms with Gasteiger partial charge in [0.1, 0.15) is 17.3 Å². The molecule has 128 valence electrons. The van der Waals surface area contributed by atoms with Crippen LogP contribution in [0.5, 0.6) is 0 Å². The molecule has 0 radical (unpaired) electrons. The van der Waals surface area contributed by atoms with E-state index in [2.05, 4.69) is 5.10 Å². The zero-order valence-corrected chi connectivity index (χ0v) is 13.8. The lowest BCUT2D eigenvalue weighted by Crippen LogP contribution is -2.65. The normalized spacial score (nSPS) is 23.0. The summed E-state index contributed by atoms with van der Waals surface area (Å²) in [6, 6.07) is 6.95. The molecule has 1 saturated heterocycles. The van der Waals surface area contributed by atoms with Crippen LogP contribution in [0.1, 0.15) is 31.3 Å². The number of rotatable bonds is 4. The van der Waals surface area contributed by atoms with Gasteiger partial charge in [0, 0.05) is 6.07 Å². The minimum absolute atomic E-state index is 0.135. The number of esters is 1. The van der Waals surface area contributed by atoms with E-state index in [1.807, 2.05) is 4.90 Å². The van der Waals surface area contributed by atoms with Crippen molar-refractivity contribution in [3.63, 3.8) is 0 Å². The van der Waals surface area contributed by atoms with E-state index >= 15 is 0 Å². The molecular weight excluding hydrogens is 316 g/mol. The number of aromatic nitrogens is 2. The molecule has 5 nitrogen and oxygen atoms in total. The van der Waals surface area contributed by atoms with Crippen LogP contribution >= 0.6 is 0 Å². The average molecular weight is 335 g/mol. The van der Waals surface area contributed by atoms with Gasteiger partial charge >= 0.3 is 5.97 Å². The number of nitrogens with zero attached hydrogens (tertiary/aromatic N) is 3. The molecule has 2 aromatic rings. The molecule has 0 spiro atoms. The van der Waals surface area contributed by atoms with Gasteiger partial charge in [0.25, 0.3) is 0 Å². The van der Waals surface area contributed by atoms with Gasteiger partial charge in [-0.05, 0) is 45.0 Å². The summed E-state index contributed by atoms with van der Waals surface area (Å²) in [5.41, 5.74) is -0.584. The van der Waals surface area contributed by atoms with Crippen molar-refractivity contribution in [1.82, 2.24) is 9.78 Å². The molecule has 0 bridgehead atoms. The first-order chi connectivity index (χ1) is 11.3. The Morgan fingerprint density at radius 3 is 2.62 bits per heavy atom. The molecule has 2 heterocycles. The highest BCUT2D eigenvalue weighted by Gasteiger charge is 2.48. The Morgan fingerprint density at radius 2 is 2.08 bits per heavy atom. The number of hydrogen-bond acceptors (Lipinski definition) is 4. The predicted octanol–water partition coefficient (Wildman–Crippen LogP) is 3.12. The second kappa shape index (κ2) is 5.89. The van der Waals surface area contributed by atoms with E-state index in [0.717, 1.165) is 0 Å². The van der Waals surface area contributed by atoms with Crippen molar-refractivity contribution in [2.75, 3.05) is 18.1 Å². The first kappa shape index (κ1) is 16.4. The lowest BCUT2D eigenvalue weighted by Gasteiger charge is -2.50. The van der Waals surface area contributed by atoms with E-state index in [1.165, 1.54) is 16.8 Å². The molecule has 1 aromatic carbocycles. The molecule has 24 heavy (non-hydrogen) atoms. The number of alkyl halides is 1. The van der Waals surface area contributed by atoms with Crippen LogP contribution in [0.4, 0.5) is 14.6 Å². The van der Waals surface area contributed by atoms with Gasteiger partial charge in [-0.2, -0.15) is 5.10 Å². The topological polar surface area (TPSA) is 47.4 Å². The molecule has 2 atom stereocenters. The Morgan fingerprint density at radius 1 is 1.42 bits per heavy atom. The molecular formula is C17H19F2N3O2. The van der Waals surface area contributed by atoms with Crippen molar-refractivity contribution in [3.05, 3.63) is 41.8 Å². The molecule has 1 fully saturated rings. The highest BCUT2D eigenvalue weighted by Crippen LogP contribution is 2.38. The maximum Gasteiger partial charge on any atom is 0.358 e. The van der Waals surface area contributed by atoms with Crippen molar-refractivity contribution >= 4 is 11.8 Å². The first-order valence-corrected chi connectivity index (χ1v) is 7.82. The van der Waals surface area contributed by atoms with Crippen LogP contribution in [0.2, 0.25) is 0 Å². The van der Waals surface area contributed by atoms with E-state index in [4.69, 9.17) is 4.74 Å². The van der Waals surface area contributed by atoms with E-state index in [-0.39, 0.29) is 30.7 Å². The molecule has 0 N–H and O–H groups in total. The highest BCUT2D eigenvalue weighted by molar-refractivity contribution is 5.88. The average Bonchev–Trinajstić information content (AvgIpc) is 2.98. The van der Waals surface area contributed by atoms with Crippen molar-refractivity contribution in [2.24, 2.45) is 0 Å². The van der Waals surface area contributed by atoms with Crippen LogP contribution < -0.4 is 4.90 Å². The summed E-state index contributed by atoms with van der Waals surface area (Å²) in [5.74, 6) is -0.338. The van der Waals surface area contributed by atoms with Gasteiger partial charge in [-0.3, -0.25) is 0 Å². The van der Waals surface area contributed by atoms with Gasteiger partial charge in [-0.1, -0.05) is 0 Å². The number of carbonyl (C=O) groups is 1. The molecule has 1 aliphatic rings. The van der Waals surface area contributed by atoms with Crippen LogP contribution in [0, 0.1) is 5.82 Å². The Bertz CT molecular complexity index is 756. The fourth-order valence-corrected chi connectivity index (χ4v) is 2.75. The van der Waals surface area contributed by atoms with Gasteiger partial charge in [-0.25, -0.2) is 18.3 Å². The third kappa shape index (κ3) is 2.74. The van der Waals surface area contributed by atoms with E-state index in [9.17, 15) is 13.6 Å². The fourth-order valence-electron chi connectivity index (χ4n) is 2.75. The van der Waals surface area contributed by atoms with E-state index < -0.39 is 11.6 Å². The molecule has 1 aromatic heterocycles. The van der Waals surface area contributed by atoms with Crippen molar-refractivity contribution in [3.8, 4) is 5.69 Å². The van der Waals surface area contributed by atoms with Crippen LogP contribution in [-0.2, 0) is 4.74 Å². The number of benzene rings is 1. The molecule has 0 unspecified atom stereocenters. The lowest BCUT2D eigenvalue weighted by atomic mass is 9.88. The standard InChI is InChI=1S/C17H19F2N3O2/c1-4-24-16(23)14-9-15(21-10-17(3,19)11(21)2)22(20-14)13-7-5-12(18)6-8-13/h5-9,11H,4,10H2,1-3H3/t11-,17-/m1/s1. The SMILES string of the molecule is CCOC(=O)c1cc(N2C[C@@](C)(F)[C@H]2C)n(-c2ccc(F)cc2)n1. The smallest absolute Gasteiger partial charge is 0.358 e. The third-order valence-corrected chi connectivity index (χ3v) is 4.36. The van der Waals surface area contributed by atoms with E-state index in [0.29, 0.717) is 11.5 Å². The van der Waals surface area contributed by atoms with Crippen LogP contribution in [0.15, 0.2) is 30.3 Å². The number of halogens is 2. The summed E-state index contributed by atoms with van der Waals surface area (Å²) in [7, 11) is 0. The summed E-state index contributed by atoms with van der Waals surface area (Å²) in [6.45, 7) is 5.46. The van der Waals surface area contributed by atoms with Crippen LogP contribution in [-0.4, -0.2) is 40.6 Å². The van der Waals surface area contributed by atoms with Gasteiger partial charge in [-0.15, -0.1) is 0 Å². The molecule has 0 aliphatic carbocycles. The van der Waals surface area contributed by atoms with Crippen LogP contribution in [0.25, 0.3) is 5.69 Å². The van der Waals surface area contributed by atoms with Crippen molar-refractivity contribution in [1.29, 1.82) is 0 Å². The van der Waals surface area contributed by atoms with Gasteiger partial charge in [0.2, 0.25) is 0 Å². The Kier molecular flexibility index (Phi) is 4.03. The summed E-state index contributed by atoms with van der Waals surface area (Å²) in [6.07, 6.45) is 0. The number of anilines is 1. The second-order valence-corrected chi connectivity index (χ2v) is 6.08.